The van der Waals surface area contributed by atoms with E-state index in [1.54, 1.807) is 20.8 Å². The van der Waals surface area contributed by atoms with Crippen LogP contribution in [-0.4, -0.2) is 22.4 Å². The fraction of sp³-hybridized carbons (Fsp3) is 0.556. The number of esters is 1. The van der Waals surface area contributed by atoms with E-state index in [2.05, 4.69) is 25.8 Å². The number of ether oxygens (including phenoxy) is 1. The summed E-state index contributed by atoms with van der Waals surface area (Å²) < 4.78 is 19.9. The van der Waals surface area contributed by atoms with E-state index in [1.807, 2.05) is 0 Å². The Morgan fingerprint density at radius 3 is 2.67 bits per heavy atom. The van der Waals surface area contributed by atoms with Crippen LogP contribution in [0.25, 0.3) is 0 Å². The van der Waals surface area contributed by atoms with Crippen molar-refractivity contribution in [2.75, 3.05) is 6.61 Å². The molecule has 1 aromatic heterocycles. The molecular weight excluding hydrogens is 267 g/mol. The van der Waals surface area contributed by atoms with Crippen molar-refractivity contribution in [3.05, 3.63) is 15.9 Å². The Kier molecular flexibility index (Phi) is 3.84. The maximum Gasteiger partial charge on any atom is 0.363 e. The van der Waals surface area contributed by atoms with Crippen LogP contribution >= 0.6 is 15.9 Å². The average Bonchev–Trinajstić information content (AvgIpc) is 2.45. The van der Waals surface area contributed by atoms with Gasteiger partial charge in [0.1, 0.15) is 0 Å². The third kappa shape index (κ3) is 2.37. The van der Waals surface area contributed by atoms with Crippen molar-refractivity contribution in [3.8, 4) is 0 Å². The molecule has 6 heteroatoms. The van der Waals surface area contributed by atoms with Gasteiger partial charge in [0.25, 0.3) is 6.30 Å². The van der Waals surface area contributed by atoms with Gasteiger partial charge in [-0.15, -0.1) is 0 Å². The number of hydrogen-bond donors (Lipinski definition) is 0. The summed E-state index contributed by atoms with van der Waals surface area (Å²) in [5.74, 6) is -0.921. The van der Waals surface area contributed by atoms with Gasteiger partial charge in [-0.05, 0) is 36.7 Å². The number of nitrogens with zero attached hydrogens (tertiary/aromatic N) is 2. The molecule has 1 unspecified atom stereocenters. The minimum Gasteiger partial charge on any atom is -0.462 e. The zero-order chi connectivity index (χ0) is 11.6. The Morgan fingerprint density at radius 2 is 2.27 bits per heavy atom. The largest absolute Gasteiger partial charge is 0.462 e. The molecule has 1 atom stereocenters. The third-order valence-electron chi connectivity index (χ3n) is 1.93. The molecule has 0 radical (unpaired) electrons. The van der Waals surface area contributed by atoms with Crippen molar-refractivity contribution >= 4 is 21.9 Å². The SMILES string of the molecule is CCOC(=O)C(F)n1nc(C)c(Br)c1C. The fourth-order valence-electron chi connectivity index (χ4n) is 1.17. The summed E-state index contributed by atoms with van der Waals surface area (Å²) in [5.41, 5.74) is 1.20. The van der Waals surface area contributed by atoms with Gasteiger partial charge in [0.05, 0.1) is 22.5 Å². The van der Waals surface area contributed by atoms with Gasteiger partial charge in [0.15, 0.2) is 0 Å². The Balaban J connectivity index is 2.96. The van der Waals surface area contributed by atoms with E-state index >= 15 is 0 Å². The number of carbonyl (C=O) groups is 1. The first-order valence-corrected chi connectivity index (χ1v) is 5.30. The van der Waals surface area contributed by atoms with Crippen LogP contribution in [0, 0.1) is 13.8 Å². The minimum atomic E-state index is -1.88. The molecule has 0 fully saturated rings. The van der Waals surface area contributed by atoms with E-state index in [4.69, 9.17) is 0 Å². The first-order chi connectivity index (χ1) is 6.99. The summed E-state index contributed by atoms with van der Waals surface area (Å²) in [4.78, 5) is 11.1. The Labute approximate surface area is 95.5 Å². The molecule has 0 spiro atoms. The number of halogens is 2. The fourth-order valence-corrected chi connectivity index (χ4v) is 1.44. The number of carbonyl (C=O) groups excluding carboxylic acids is 1. The lowest BCUT2D eigenvalue weighted by Crippen LogP contribution is -2.20. The molecule has 0 N–H and O–H groups in total. The second-order valence-electron chi connectivity index (χ2n) is 3.02. The highest BCUT2D eigenvalue weighted by Crippen LogP contribution is 2.23. The molecule has 0 amide bonds. The summed E-state index contributed by atoms with van der Waals surface area (Å²) in [6, 6.07) is 0. The lowest BCUT2D eigenvalue weighted by molar-refractivity contribution is -0.153. The van der Waals surface area contributed by atoms with Crippen LogP contribution in [0.15, 0.2) is 4.47 Å². The molecule has 0 aliphatic rings. The second-order valence-corrected chi connectivity index (χ2v) is 3.81. The normalized spacial score (nSPS) is 12.6. The molecule has 0 aliphatic carbocycles. The van der Waals surface area contributed by atoms with E-state index < -0.39 is 12.3 Å². The van der Waals surface area contributed by atoms with Gasteiger partial charge < -0.3 is 4.74 Å². The van der Waals surface area contributed by atoms with Gasteiger partial charge in [0.2, 0.25) is 0 Å². The van der Waals surface area contributed by atoms with Gasteiger partial charge in [-0.25, -0.2) is 13.9 Å². The van der Waals surface area contributed by atoms with Crippen LogP contribution in [0.2, 0.25) is 0 Å². The van der Waals surface area contributed by atoms with Gasteiger partial charge in [0, 0.05) is 0 Å². The predicted molar refractivity (Wildman–Crippen MR) is 56.2 cm³/mol. The van der Waals surface area contributed by atoms with Crippen molar-refractivity contribution in [2.45, 2.75) is 27.1 Å². The van der Waals surface area contributed by atoms with Crippen LogP contribution < -0.4 is 0 Å². The van der Waals surface area contributed by atoms with Crippen molar-refractivity contribution in [1.29, 1.82) is 0 Å². The van der Waals surface area contributed by atoms with Crippen molar-refractivity contribution in [1.82, 2.24) is 9.78 Å². The topological polar surface area (TPSA) is 44.1 Å². The molecular formula is C9H12BrFN2O2. The lowest BCUT2D eigenvalue weighted by Gasteiger charge is -2.09. The van der Waals surface area contributed by atoms with E-state index in [0.717, 1.165) is 4.68 Å². The van der Waals surface area contributed by atoms with Gasteiger partial charge in [-0.3, -0.25) is 0 Å². The van der Waals surface area contributed by atoms with E-state index in [0.29, 0.717) is 15.9 Å². The van der Waals surface area contributed by atoms with E-state index in [9.17, 15) is 9.18 Å². The first-order valence-electron chi connectivity index (χ1n) is 4.51. The van der Waals surface area contributed by atoms with E-state index in [-0.39, 0.29) is 6.61 Å². The lowest BCUT2D eigenvalue weighted by atomic mass is 10.4. The van der Waals surface area contributed by atoms with Gasteiger partial charge in [-0.2, -0.15) is 5.10 Å². The summed E-state index contributed by atoms with van der Waals surface area (Å²) in [7, 11) is 0. The summed E-state index contributed by atoms with van der Waals surface area (Å²) >= 11 is 3.25. The first kappa shape index (κ1) is 12.2. The van der Waals surface area contributed by atoms with Crippen molar-refractivity contribution in [2.24, 2.45) is 0 Å². The zero-order valence-corrected chi connectivity index (χ0v) is 10.3. The number of aromatic nitrogens is 2. The number of rotatable bonds is 3. The molecule has 4 nitrogen and oxygen atoms in total. The number of alkyl halides is 1. The van der Waals surface area contributed by atoms with Crippen LogP contribution in [0.4, 0.5) is 4.39 Å². The Bertz CT molecular complexity index is 378. The average molecular weight is 279 g/mol. The molecule has 1 rings (SSSR count). The Morgan fingerprint density at radius 1 is 1.67 bits per heavy atom. The summed E-state index contributed by atoms with van der Waals surface area (Å²) in [6.07, 6.45) is -1.88. The molecule has 0 saturated heterocycles. The van der Waals surface area contributed by atoms with Gasteiger partial charge in [-0.1, -0.05) is 0 Å². The highest BCUT2D eigenvalue weighted by Gasteiger charge is 2.24. The van der Waals surface area contributed by atoms with Crippen LogP contribution in [0.1, 0.15) is 24.6 Å². The Hall–Kier alpha value is -0.910. The minimum absolute atomic E-state index is 0.153. The van der Waals surface area contributed by atoms with Crippen LogP contribution in [-0.2, 0) is 9.53 Å². The number of aryl methyl sites for hydroxylation is 1. The molecule has 0 bridgehead atoms. The smallest absolute Gasteiger partial charge is 0.363 e. The predicted octanol–water partition coefficient (Wildman–Crippen LogP) is 2.29. The monoisotopic (exact) mass is 278 g/mol. The zero-order valence-electron chi connectivity index (χ0n) is 8.75. The van der Waals surface area contributed by atoms with Crippen LogP contribution in [0.3, 0.4) is 0 Å². The molecule has 0 saturated carbocycles. The molecule has 0 aliphatic heterocycles. The van der Waals surface area contributed by atoms with Crippen LogP contribution in [0.5, 0.6) is 0 Å². The molecule has 84 valence electrons. The standard InChI is InChI=1S/C9H12BrFN2O2/c1-4-15-9(14)8(11)13-6(3)7(10)5(2)12-13/h8H,4H2,1-3H3. The summed E-state index contributed by atoms with van der Waals surface area (Å²) in [6.45, 7) is 5.18. The molecule has 1 aromatic rings. The summed E-state index contributed by atoms with van der Waals surface area (Å²) in [5, 5.41) is 3.91. The molecule has 0 aromatic carbocycles. The van der Waals surface area contributed by atoms with Crippen molar-refractivity contribution in [3.63, 3.8) is 0 Å². The maximum atomic E-state index is 13.6. The van der Waals surface area contributed by atoms with Crippen molar-refractivity contribution < 1.29 is 13.9 Å². The quantitative estimate of drug-likeness (QED) is 0.797. The molecule has 1 heterocycles. The maximum absolute atomic E-state index is 13.6. The molecule has 15 heavy (non-hydrogen) atoms. The van der Waals surface area contributed by atoms with Gasteiger partial charge >= 0.3 is 5.97 Å². The number of hydrogen-bond acceptors (Lipinski definition) is 3. The highest BCUT2D eigenvalue weighted by molar-refractivity contribution is 9.10. The second kappa shape index (κ2) is 4.74. The van der Waals surface area contributed by atoms with E-state index in [1.165, 1.54) is 0 Å². The third-order valence-corrected chi connectivity index (χ3v) is 3.08. The highest BCUT2D eigenvalue weighted by atomic mass is 79.9.